The van der Waals surface area contributed by atoms with E-state index < -0.39 is 18.0 Å². The van der Waals surface area contributed by atoms with Gasteiger partial charge in [0.05, 0.1) is 5.88 Å². The van der Waals surface area contributed by atoms with E-state index >= 15 is 0 Å². The highest BCUT2D eigenvalue weighted by molar-refractivity contribution is 6.16. The Morgan fingerprint density at radius 2 is 1.91 bits per heavy atom. The molecule has 2 atom stereocenters. The van der Waals surface area contributed by atoms with E-state index in [0.717, 1.165) is 6.08 Å². The number of hydrogen-bond acceptors (Lipinski definition) is 6. The van der Waals surface area contributed by atoms with Crippen molar-refractivity contribution in [2.24, 2.45) is 0 Å². The van der Waals surface area contributed by atoms with E-state index in [-0.39, 0.29) is 18.2 Å². The minimum absolute atomic E-state index is 0.0606. The molecule has 6 nitrogen and oxygen atoms in total. The lowest BCUT2D eigenvalue weighted by atomic mass is 10.1. The molecule has 22 heavy (non-hydrogen) atoms. The average molecular weight is 327 g/mol. The van der Waals surface area contributed by atoms with Crippen molar-refractivity contribution in [3.63, 3.8) is 0 Å². The van der Waals surface area contributed by atoms with Gasteiger partial charge in [0.15, 0.2) is 5.78 Å². The van der Waals surface area contributed by atoms with E-state index in [9.17, 15) is 15.0 Å². The predicted molar refractivity (Wildman–Crippen MR) is 77.9 cm³/mol. The normalized spacial score (nSPS) is 14.4. The van der Waals surface area contributed by atoms with E-state index in [2.05, 4.69) is 0 Å². The zero-order chi connectivity index (χ0) is 16.1. The van der Waals surface area contributed by atoms with E-state index in [4.69, 9.17) is 25.5 Å². The quantitative estimate of drug-likeness (QED) is 0.529. The topological polar surface area (TPSA) is 104 Å². The minimum Gasteiger partial charge on any atom is -0.462 e. The smallest absolute Gasteiger partial charge is 0.187 e. The number of aliphatic hydroxyl groups excluding tert-OH is 3. The summed E-state index contributed by atoms with van der Waals surface area (Å²) in [6.07, 6.45) is -0.736. The lowest BCUT2D eigenvalue weighted by Crippen LogP contribution is -2.26. The highest BCUT2D eigenvalue weighted by Crippen LogP contribution is 2.21. The third kappa shape index (κ3) is 3.86. The summed E-state index contributed by atoms with van der Waals surface area (Å²) in [5.41, 5.74) is 0. The van der Waals surface area contributed by atoms with Gasteiger partial charge in [0.25, 0.3) is 0 Å². The van der Waals surface area contributed by atoms with Gasteiger partial charge in [0.2, 0.25) is 0 Å². The highest BCUT2D eigenvalue weighted by Gasteiger charge is 2.26. The van der Waals surface area contributed by atoms with E-state index in [1.165, 1.54) is 12.1 Å². The molecular weight excluding hydrogens is 312 g/mol. The third-order valence-corrected chi connectivity index (χ3v) is 3.21. The van der Waals surface area contributed by atoms with Crippen molar-refractivity contribution in [2.75, 3.05) is 0 Å². The monoisotopic (exact) mass is 326 g/mol. The molecule has 0 aliphatic rings. The summed E-state index contributed by atoms with van der Waals surface area (Å²) in [4.78, 5) is 11.8. The lowest BCUT2D eigenvalue weighted by Gasteiger charge is -2.12. The van der Waals surface area contributed by atoms with E-state index in [0.29, 0.717) is 17.3 Å². The summed E-state index contributed by atoms with van der Waals surface area (Å²) >= 11 is 5.57. The number of furan rings is 2. The van der Waals surface area contributed by atoms with Crippen LogP contribution in [0.2, 0.25) is 0 Å². The Kier molecular flexibility index (Phi) is 5.57. The summed E-state index contributed by atoms with van der Waals surface area (Å²) in [7, 11) is 0. The van der Waals surface area contributed by atoms with Gasteiger partial charge in [-0.25, -0.2) is 0 Å². The summed E-state index contributed by atoms with van der Waals surface area (Å²) in [6.45, 7) is -0.246. The summed E-state index contributed by atoms with van der Waals surface area (Å²) < 4.78 is 10.3. The molecule has 3 N–H and O–H groups in total. The Morgan fingerprint density at radius 3 is 2.50 bits per heavy atom. The second kappa shape index (κ2) is 7.42. The molecule has 2 unspecified atom stereocenters. The zero-order valence-electron chi connectivity index (χ0n) is 11.5. The van der Waals surface area contributed by atoms with Gasteiger partial charge >= 0.3 is 0 Å². The van der Waals surface area contributed by atoms with Crippen LogP contribution in [-0.2, 0) is 17.3 Å². The molecule has 0 aliphatic carbocycles. The van der Waals surface area contributed by atoms with Gasteiger partial charge in [0.1, 0.15) is 41.9 Å². The molecular formula is C15H15ClO6. The van der Waals surface area contributed by atoms with Crippen LogP contribution in [0.1, 0.15) is 29.1 Å². The predicted octanol–water partition coefficient (Wildman–Crippen LogP) is 1.78. The van der Waals surface area contributed by atoms with Crippen molar-refractivity contribution in [3.8, 4) is 0 Å². The van der Waals surface area contributed by atoms with E-state index in [1.807, 2.05) is 0 Å². The van der Waals surface area contributed by atoms with Gasteiger partial charge in [-0.1, -0.05) is 0 Å². The number of alkyl halides is 1. The van der Waals surface area contributed by atoms with Crippen molar-refractivity contribution in [2.45, 2.75) is 24.7 Å². The van der Waals surface area contributed by atoms with Crippen LogP contribution in [0.15, 0.2) is 39.2 Å². The van der Waals surface area contributed by atoms with Crippen LogP contribution in [0.5, 0.6) is 0 Å². The molecule has 2 heterocycles. The molecule has 2 aromatic heterocycles. The summed E-state index contributed by atoms with van der Waals surface area (Å²) in [5.74, 6) is 0.614. The molecule has 7 heteroatoms. The molecule has 0 bridgehead atoms. The van der Waals surface area contributed by atoms with Crippen LogP contribution in [0.4, 0.5) is 0 Å². The van der Waals surface area contributed by atoms with Crippen molar-refractivity contribution >= 4 is 23.5 Å². The number of carbonyl (C=O) groups is 1. The second-order valence-corrected chi connectivity index (χ2v) is 4.79. The molecule has 0 aliphatic heterocycles. The molecule has 0 fully saturated rings. The van der Waals surface area contributed by atoms with Crippen LogP contribution in [0, 0.1) is 0 Å². The Labute approximate surface area is 131 Å². The van der Waals surface area contributed by atoms with Crippen LogP contribution in [0.3, 0.4) is 0 Å². The molecule has 2 rings (SSSR count). The Morgan fingerprint density at radius 1 is 1.18 bits per heavy atom. The van der Waals surface area contributed by atoms with Crippen molar-refractivity contribution < 1.29 is 28.9 Å². The molecule has 0 spiro atoms. The molecule has 0 saturated carbocycles. The summed E-state index contributed by atoms with van der Waals surface area (Å²) in [5, 5.41) is 28.6. The highest BCUT2D eigenvalue weighted by atomic mass is 35.5. The number of hydrogen-bond donors (Lipinski definition) is 3. The SMILES string of the molecule is O=C(C=Cc1ccc(CO)o1)C(O)C(O)c1ccc(CCl)o1. The molecule has 0 amide bonds. The number of carbonyl (C=O) groups excluding carboxylic acids is 1. The van der Waals surface area contributed by atoms with Gasteiger partial charge in [0, 0.05) is 0 Å². The average Bonchev–Trinajstić information content (AvgIpc) is 3.19. The fourth-order valence-corrected chi connectivity index (χ4v) is 1.91. The Hall–Kier alpha value is -1.86. The first-order valence-electron chi connectivity index (χ1n) is 6.47. The summed E-state index contributed by atoms with van der Waals surface area (Å²) in [6, 6.07) is 6.13. The van der Waals surface area contributed by atoms with Crippen molar-refractivity contribution in [1.82, 2.24) is 0 Å². The molecule has 0 radical (unpaired) electrons. The number of aliphatic hydroxyl groups is 3. The number of rotatable bonds is 7. The van der Waals surface area contributed by atoms with Gasteiger partial charge in [-0.05, 0) is 36.4 Å². The maximum Gasteiger partial charge on any atom is 0.187 e. The van der Waals surface area contributed by atoms with E-state index in [1.54, 1.807) is 18.2 Å². The second-order valence-electron chi connectivity index (χ2n) is 4.53. The van der Waals surface area contributed by atoms with Crippen LogP contribution < -0.4 is 0 Å². The Bertz CT molecular complexity index is 657. The maximum atomic E-state index is 11.8. The largest absolute Gasteiger partial charge is 0.462 e. The van der Waals surface area contributed by atoms with Gasteiger partial charge in [-0.15, -0.1) is 11.6 Å². The number of ketones is 1. The number of halogens is 1. The molecule has 0 aromatic carbocycles. The van der Waals surface area contributed by atoms with Gasteiger partial charge in [-0.2, -0.15) is 0 Å². The fourth-order valence-electron chi connectivity index (χ4n) is 1.77. The van der Waals surface area contributed by atoms with Crippen LogP contribution in [0.25, 0.3) is 6.08 Å². The Balaban J connectivity index is 2.01. The van der Waals surface area contributed by atoms with Gasteiger partial charge < -0.3 is 24.2 Å². The minimum atomic E-state index is -1.67. The standard InChI is InChI=1S/C15H15ClO6/c16-7-10-4-6-13(22-10)15(20)14(19)12(18)5-3-9-1-2-11(8-17)21-9/h1-6,14-15,17,19-20H,7-8H2. The van der Waals surface area contributed by atoms with Crippen LogP contribution in [-0.4, -0.2) is 27.2 Å². The first-order chi connectivity index (χ1) is 10.5. The molecule has 118 valence electrons. The molecule has 2 aromatic rings. The first-order valence-corrected chi connectivity index (χ1v) is 7.00. The maximum absolute atomic E-state index is 11.8. The lowest BCUT2D eigenvalue weighted by molar-refractivity contribution is -0.128. The fraction of sp³-hybridized carbons (Fsp3) is 0.267. The van der Waals surface area contributed by atoms with Crippen LogP contribution >= 0.6 is 11.6 Å². The third-order valence-electron chi connectivity index (χ3n) is 2.95. The first kappa shape index (κ1) is 16.5. The van der Waals surface area contributed by atoms with Crippen molar-refractivity contribution in [3.05, 3.63) is 53.4 Å². The zero-order valence-corrected chi connectivity index (χ0v) is 12.2. The van der Waals surface area contributed by atoms with Crippen molar-refractivity contribution in [1.29, 1.82) is 0 Å². The van der Waals surface area contributed by atoms with Gasteiger partial charge in [-0.3, -0.25) is 4.79 Å². The molecule has 0 saturated heterocycles.